The Labute approximate surface area is 128 Å². The number of benzene rings is 1. The average Bonchev–Trinajstić information content (AvgIpc) is 2.46. The molecule has 0 unspecified atom stereocenters. The molecule has 0 bridgehead atoms. The van der Waals surface area contributed by atoms with Crippen molar-refractivity contribution in [3.63, 3.8) is 0 Å². The average molecular weight is 309 g/mol. The number of nitrogens with zero attached hydrogens (tertiary/aromatic N) is 2. The standard InChI is InChI=1S/C15H17ClN2O3/c1-4-5-14-17-13(16)9-15(18-14)21-12-7-10(19-2)6-11(8-12)20-3/h6-9H,4-5H2,1-3H3. The van der Waals surface area contributed by atoms with Crippen molar-refractivity contribution in [2.75, 3.05) is 14.2 Å². The largest absolute Gasteiger partial charge is 0.496 e. The van der Waals surface area contributed by atoms with Crippen LogP contribution in [0.15, 0.2) is 24.3 Å². The minimum Gasteiger partial charge on any atom is -0.496 e. The Kier molecular flexibility index (Phi) is 5.22. The first-order chi connectivity index (χ1) is 10.1. The van der Waals surface area contributed by atoms with E-state index in [2.05, 4.69) is 16.9 Å². The summed E-state index contributed by atoms with van der Waals surface area (Å²) < 4.78 is 16.1. The molecule has 0 aliphatic carbocycles. The van der Waals surface area contributed by atoms with Crippen LogP contribution in [0.1, 0.15) is 19.2 Å². The number of aromatic nitrogens is 2. The maximum absolute atomic E-state index is 5.99. The minimum atomic E-state index is 0.360. The summed E-state index contributed by atoms with van der Waals surface area (Å²) in [6.07, 6.45) is 1.69. The summed E-state index contributed by atoms with van der Waals surface area (Å²) >= 11 is 5.99. The van der Waals surface area contributed by atoms with Gasteiger partial charge in [-0.05, 0) is 6.42 Å². The summed E-state index contributed by atoms with van der Waals surface area (Å²) in [5.41, 5.74) is 0. The molecule has 0 radical (unpaired) electrons. The van der Waals surface area contributed by atoms with E-state index in [1.807, 2.05) is 0 Å². The first-order valence-electron chi connectivity index (χ1n) is 6.59. The highest BCUT2D eigenvalue weighted by atomic mass is 35.5. The Morgan fingerprint density at radius 3 is 2.14 bits per heavy atom. The smallest absolute Gasteiger partial charge is 0.224 e. The zero-order valence-corrected chi connectivity index (χ0v) is 13.0. The summed E-state index contributed by atoms with van der Waals surface area (Å²) in [7, 11) is 3.17. The molecule has 2 aromatic rings. The van der Waals surface area contributed by atoms with Gasteiger partial charge in [0.25, 0.3) is 0 Å². The van der Waals surface area contributed by atoms with E-state index in [1.165, 1.54) is 0 Å². The molecule has 21 heavy (non-hydrogen) atoms. The minimum absolute atomic E-state index is 0.360. The van der Waals surface area contributed by atoms with Crippen molar-refractivity contribution in [2.45, 2.75) is 19.8 Å². The molecule has 0 saturated carbocycles. The van der Waals surface area contributed by atoms with Crippen LogP contribution in [0.2, 0.25) is 5.15 Å². The molecule has 5 nitrogen and oxygen atoms in total. The molecule has 112 valence electrons. The van der Waals surface area contributed by atoms with Gasteiger partial charge >= 0.3 is 0 Å². The molecule has 2 rings (SSSR count). The molecule has 0 N–H and O–H groups in total. The Hall–Kier alpha value is -2.01. The first kappa shape index (κ1) is 15.4. The molecule has 0 atom stereocenters. The summed E-state index contributed by atoms with van der Waals surface area (Å²) in [5, 5.41) is 0.360. The molecule has 0 amide bonds. The van der Waals surface area contributed by atoms with Crippen molar-refractivity contribution in [1.29, 1.82) is 0 Å². The van der Waals surface area contributed by atoms with E-state index in [0.717, 1.165) is 12.8 Å². The van der Waals surface area contributed by atoms with Gasteiger partial charge in [0.1, 0.15) is 28.2 Å². The maximum atomic E-state index is 5.99. The second-order valence-electron chi connectivity index (χ2n) is 4.35. The van der Waals surface area contributed by atoms with Gasteiger partial charge < -0.3 is 14.2 Å². The molecule has 0 aliphatic rings. The van der Waals surface area contributed by atoms with Gasteiger partial charge in [-0.25, -0.2) is 4.98 Å². The molecule has 1 aromatic carbocycles. The zero-order chi connectivity index (χ0) is 15.2. The van der Waals surface area contributed by atoms with Crippen LogP contribution in [-0.2, 0) is 6.42 Å². The lowest BCUT2D eigenvalue weighted by Gasteiger charge is -2.10. The van der Waals surface area contributed by atoms with Gasteiger partial charge in [-0.3, -0.25) is 0 Å². The monoisotopic (exact) mass is 308 g/mol. The van der Waals surface area contributed by atoms with Crippen molar-refractivity contribution in [1.82, 2.24) is 9.97 Å². The summed E-state index contributed by atoms with van der Waals surface area (Å²) in [6, 6.07) is 6.84. The van der Waals surface area contributed by atoms with E-state index in [-0.39, 0.29) is 0 Å². The number of ether oxygens (including phenoxy) is 3. The quantitative estimate of drug-likeness (QED) is 0.758. The van der Waals surface area contributed by atoms with Crippen molar-refractivity contribution in [2.24, 2.45) is 0 Å². The van der Waals surface area contributed by atoms with E-state index in [9.17, 15) is 0 Å². The van der Waals surface area contributed by atoms with Gasteiger partial charge in [-0.2, -0.15) is 4.98 Å². The van der Waals surface area contributed by atoms with Gasteiger partial charge in [0.15, 0.2) is 0 Å². The van der Waals surface area contributed by atoms with Crippen molar-refractivity contribution in [3.8, 4) is 23.1 Å². The number of halogens is 1. The number of aryl methyl sites for hydroxylation is 1. The van der Waals surface area contributed by atoms with Crippen LogP contribution in [0.4, 0.5) is 0 Å². The topological polar surface area (TPSA) is 53.5 Å². The van der Waals surface area contributed by atoms with Crippen molar-refractivity contribution in [3.05, 3.63) is 35.2 Å². The van der Waals surface area contributed by atoms with Crippen LogP contribution in [0.25, 0.3) is 0 Å². The van der Waals surface area contributed by atoms with Crippen LogP contribution in [-0.4, -0.2) is 24.2 Å². The fourth-order valence-electron chi connectivity index (χ4n) is 1.79. The lowest BCUT2D eigenvalue weighted by molar-refractivity contribution is 0.384. The number of rotatable bonds is 6. The number of methoxy groups -OCH3 is 2. The SMILES string of the molecule is CCCc1nc(Cl)cc(Oc2cc(OC)cc(OC)c2)n1. The third-order valence-corrected chi connectivity index (χ3v) is 2.93. The second-order valence-corrected chi connectivity index (χ2v) is 4.73. The molecule has 0 fully saturated rings. The second kappa shape index (κ2) is 7.13. The van der Waals surface area contributed by atoms with Gasteiger partial charge in [0.05, 0.1) is 14.2 Å². The summed E-state index contributed by atoms with van der Waals surface area (Å²) in [6.45, 7) is 2.05. The van der Waals surface area contributed by atoms with Gasteiger partial charge in [0, 0.05) is 30.7 Å². The molecular weight excluding hydrogens is 292 g/mol. The number of hydrogen-bond donors (Lipinski definition) is 0. The van der Waals surface area contributed by atoms with Crippen molar-refractivity contribution >= 4 is 11.6 Å². The van der Waals surface area contributed by atoms with Crippen LogP contribution in [0.3, 0.4) is 0 Å². The van der Waals surface area contributed by atoms with Crippen molar-refractivity contribution < 1.29 is 14.2 Å². The Balaban J connectivity index is 2.28. The third-order valence-electron chi connectivity index (χ3n) is 2.74. The molecule has 1 aromatic heterocycles. The van der Waals surface area contributed by atoms with Crippen LogP contribution < -0.4 is 14.2 Å². The Bertz CT molecular complexity index is 598. The van der Waals surface area contributed by atoms with E-state index in [1.54, 1.807) is 38.5 Å². The lowest BCUT2D eigenvalue weighted by atomic mass is 10.3. The predicted octanol–water partition coefficient (Wildman–Crippen LogP) is 3.89. The molecule has 1 heterocycles. The Morgan fingerprint density at radius 1 is 0.952 bits per heavy atom. The molecular formula is C15H17ClN2O3. The highest BCUT2D eigenvalue weighted by Crippen LogP contribution is 2.30. The summed E-state index contributed by atoms with van der Waals surface area (Å²) in [4.78, 5) is 8.49. The molecule has 0 saturated heterocycles. The lowest BCUT2D eigenvalue weighted by Crippen LogP contribution is -1.98. The van der Waals surface area contributed by atoms with Crippen LogP contribution in [0.5, 0.6) is 23.1 Å². The fourth-order valence-corrected chi connectivity index (χ4v) is 1.98. The first-order valence-corrected chi connectivity index (χ1v) is 6.96. The highest BCUT2D eigenvalue weighted by molar-refractivity contribution is 6.29. The van der Waals surface area contributed by atoms with E-state index < -0.39 is 0 Å². The third kappa shape index (κ3) is 4.23. The Morgan fingerprint density at radius 2 is 1.57 bits per heavy atom. The van der Waals surface area contributed by atoms with E-state index >= 15 is 0 Å². The zero-order valence-electron chi connectivity index (χ0n) is 12.2. The maximum Gasteiger partial charge on any atom is 0.224 e. The van der Waals surface area contributed by atoms with Crippen LogP contribution in [0, 0.1) is 0 Å². The highest BCUT2D eigenvalue weighted by Gasteiger charge is 2.08. The summed E-state index contributed by atoms with van der Waals surface area (Å²) in [5.74, 6) is 2.89. The molecule has 0 aliphatic heterocycles. The normalized spacial score (nSPS) is 10.3. The molecule has 6 heteroatoms. The van der Waals surface area contributed by atoms with Gasteiger partial charge in [-0.1, -0.05) is 18.5 Å². The van der Waals surface area contributed by atoms with Crippen LogP contribution >= 0.6 is 11.6 Å². The molecule has 0 spiro atoms. The van der Waals surface area contributed by atoms with Gasteiger partial charge in [-0.15, -0.1) is 0 Å². The fraction of sp³-hybridized carbons (Fsp3) is 0.333. The van der Waals surface area contributed by atoms with Gasteiger partial charge in [0.2, 0.25) is 5.88 Å². The predicted molar refractivity (Wildman–Crippen MR) is 80.7 cm³/mol. The number of hydrogen-bond acceptors (Lipinski definition) is 5. The van der Waals surface area contributed by atoms with E-state index in [0.29, 0.717) is 34.1 Å². The van der Waals surface area contributed by atoms with E-state index in [4.69, 9.17) is 25.8 Å².